The fourth-order valence-corrected chi connectivity index (χ4v) is 7.36. The molecule has 5 aliphatic rings. The summed E-state index contributed by atoms with van der Waals surface area (Å²) in [5, 5.41) is 129. The van der Waals surface area contributed by atoms with E-state index in [0.29, 0.717) is 6.42 Å². The summed E-state index contributed by atoms with van der Waals surface area (Å²) in [6.45, 7) is 6.30. The number of aliphatic hydroxyl groups excluding tert-OH is 12. The van der Waals surface area contributed by atoms with E-state index in [1.54, 1.807) is 0 Å². The van der Waals surface area contributed by atoms with Gasteiger partial charge in [-0.1, -0.05) is 13.8 Å². The van der Waals surface area contributed by atoms with Gasteiger partial charge in [-0.05, 0) is 27.2 Å². The summed E-state index contributed by atoms with van der Waals surface area (Å²) in [4.78, 5) is 0. The lowest BCUT2D eigenvalue weighted by atomic mass is 9.92. The second-order valence-corrected chi connectivity index (χ2v) is 15.1. The average Bonchev–Trinajstić information content (AvgIpc) is 3.17. The molecule has 0 spiro atoms. The lowest BCUT2D eigenvalue weighted by Gasteiger charge is -2.51. The molecule has 5 fully saturated rings. The van der Waals surface area contributed by atoms with Gasteiger partial charge in [-0.15, -0.1) is 0 Å². The van der Waals surface area contributed by atoms with Crippen LogP contribution in [0.4, 0.5) is 0 Å². The molecule has 0 bridgehead atoms. The molecule has 12 N–H and O–H groups in total. The summed E-state index contributed by atoms with van der Waals surface area (Å²) in [7, 11) is 0. The molecule has 328 valence electrons. The Morgan fingerprint density at radius 1 is 0.393 bits per heavy atom. The molecule has 22 nitrogen and oxygen atoms in total. The lowest BCUT2D eigenvalue weighted by Crippen LogP contribution is -2.68. The minimum atomic E-state index is -1.94. The van der Waals surface area contributed by atoms with Crippen LogP contribution in [0.15, 0.2) is 0 Å². The maximum Gasteiger partial charge on any atom is 0.187 e. The van der Waals surface area contributed by atoms with Gasteiger partial charge in [0.25, 0.3) is 0 Å². The Morgan fingerprint density at radius 2 is 0.857 bits per heavy atom. The van der Waals surface area contributed by atoms with Crippen molar-refractivity contribution in [2.45, 2.75) is 188 Å². The second kappa shape index (κ2) is 19.7. The van der Waals surface area contributed by atoms with E-state index in [1.807, 2.05) is 6.92 Å². The van der Waals surface area contributed by atoms with Crippen molar-refractivity contribution in [3.63, 3.8) is 0 Å². The predicted octanol–water partition coefficient (Wildman–Crippen LogP) is -6.13. The number of hydrogen-bond donors (Lipinski definition) is 12. The second-order valence-electron chi connectivity index (χ2n) is 15.1. The molecule has 56 heavy (non-hydrogen) atoms. The first kappa shape index (κ1) is 46.2. The molecule has 0 aromatic rings. The van der Waals surface area contributed by atoms with Crippen LogP contribution in [0.25, 0.3) is 0 Å². The van der Waals surface area contributed by atoms with Crippen LogP contribution in [0.3, 0.4) is 0 Å². The minimum absolute atomic E-state index is 0.208. The number of aliphatic hydroxyl groups is 12. The fourth-order valence-electron chi connectivity index (χ4n) is 7.36. The van der Waals surface area contributed by atoms with E-state index >= 15 is 0 Å². The van der Waals surface area contributed by atoms with E-state index in [4.69, 9.17) is 47.4 Å². The standard InChI is InChI=1S/C34H60O22/c1-6-7-47-31-25(46)26(18(39)12(4)48-31)53-33-28(23(44)17(38)11(3)49-33)55-34-29(56-30-10(2)16(37)20(41)14(8-35)51-30)27(19(40)13(5)50-34)54-32-24(45)22(43)21(42)15(9-36)52-32/h10-46H,6-9H2,1-5H3/t10-,11?,12?,13?,14?,15-,16?,17-,18-,19-,20+,21+,22?,23?,24?,25-,26?,27?,28-,29-,30-,31+,32+,33-,34-/m0/s1. The third kappa shape index (κ3) is 9.52. The largest absolute Gasteiger partial charge is 0.394 e. The van der Waals surface area contributed by atoms with E-state index in [9.17, 15) is 61.3 Å². The third-order valence-electron chi connectivity index (χ3n) is 11.0. The Morgan fingerprint density at radius 3 is 1.45 bits per heavy atom. The normalized spacial score (nSPS) is 53.2. The van der Waals surface area contributed by atoms with Crippen molar-refractivity contribution in [3.8, 4) is 0 Å². The Bertz CT molecular complexity index is 1200. The quantitative estimate of drug-likeness (QED) is 0.0822. The fraction of sp³-hybridized carbons (Fsp3) is 1.00. The maximum atomic E-state index is 11.5. The van der Waals surface area contributed by atoms with Gasteiger partial charge in [-0.25, -0.2) is 0 Å². The monoisotopic (exact) mass is 820 g/mol. The molecule has 5 aliphatic heterocycles. The van der Waals surface area contributed by atoms with Gasteiger partial charge >= 0.3 is 0 Å². The van der Waals surface area contributed by atoms with Gasteiger partial charge in [0.2, 0.25) is 0 Å². The van der Waals surface area contributed by atoms with Crippen LogP contribution in [0.1, 0.15) is 41.0 Å². The summed E-state index contributed by atoms with van der Waals surface area (Å²) >= 11 is 0. The molecule has 22 heteroatoms. The zero-order chi connectivity index (χ0) is 41.3. The van der Waals surface area contributed by atoms with Crippen LogP contribution in [0, 0.1) is 5.92 Å². The SMILES string of the molecule is CCCO[C@@H]1OC(C)[C@H](O)C(O[C@@H]2OC(C)[C@H](O)C(O)[C@@H]2O[C@@H]2OC(C)[C@H](O)C(O[C@H]3O[C@@H](CO)[C@@H](O)C(O)C3O)[C@@H]2O[C@@H]2OC(CO)[C@@H](O)C(O)[C@@H]2C)[C@@H]1O. The first-order valence-corrected chi connectivity index (χ1v) is 19.0. The zero-order valence-electron chi connectivity index (χ0n) is 31.7. The highest BCUT2D eigenvalue weighted by Gasteiger charge is 2.57. The van der Waals surface area contributed by atoms with E-state index < -0.39 is 167 Å². The van der Waals surface area contributed by atoms with E-state index in [1.165, 1.54) is 27.7 Å². The molecule has 0 saturated carbocycles. The van der Waals surface area contributed by atoms with Gasteiger partial charge in [0.1, 0.15) is 91.6 Å². The number of rotatable bonds is 13. The zero-order valence-corrected chi connectivity index (χ0v) is 31.7. The van der Waals surface area contributed by atoms with E-state index in [-0.39, 0.29) is 6.61 Å². The molecule has 25 atom stereocenters. The Kier molecular flexibility index (Phi) is 16.2. The van der Waals surface area contributed by atoms with Crippen molar-refractivity contribution in [2.24, 2.45) is 5.92 Å². The molecule has 5 heterocycles. The number of ether oxygens (including phenoxy) is 10. The molecular formula is C34H60O22. The van der Waals surface area contributed by atoms with E-state index in [2.05, 4.69) is 0 Å². The molecule has 0 amide bonds. The molecule has 0 aliphatic carbocycles. The molecular weight excluding hydrogens is 760 g/mol. The molecule has 5 saturated heterocycles. The Labute approximate surface area is 322 Å². The van der Waals surface area contributed by atoms with Crippen LogP contribution in [-0.4, -0.2) is 229 Å². The predicted molar refractivity (Wildman–Crippen MR) is 179 cm³/mol. The van der Waals surface area contributed by atoms with Gasteiger partial charge in [0, 0.05) is 12.5 Å². The highest BCUT2D eigenvalue weighted by atomic mass is 16.8. The Hall–Kier alpha value is -0.880. The van der Waals surface area contributed by atoms with Crippen molar-refractivity contribution in [2.75, 3.05) is 19.8 Å². The van der Waals surface area contributed by atoms with Crippen LogP contribution < -0.4 is 0 Å². The molecule has 0 radical (unpaired) electrons. The van der Waals surface area contributed by atoms with Gasteiger partial charge in [-0.3, -0.25) is 0 Å². The van der Waals surface area contributed by atoms with Crippen LogP contribution in [-0.2, 0) is 47.4 Å². The Balaban J connectivity index is 1.48. The van der Waals surface area contributed by atoms with Crippen molar-refractivity contribution in [1.29, 1.82) is 0 Å². The first-order valence-electron chi connectivity index (χ1n) is 19.0. The summed E-state index contributed by atoms with van der Waals surface area (Å²) in [5.41, 5.74) is 0. The topological polar surface area (TPSA) is 335 Å². The van der Waals surface area contributed by atoms with Gasteiger partial charge in [0.05, 0.1) is 37.6 Å². The highest BCUT2D eigenvalue weighted by Crippen LogP contribution is 2.38. The molecule has 0 aromatic heterocycles. The van der Waals surface area contributed by atoms with Gasteiger partial charge in [0.15, 0.2) is 31.5 Å². The summed E-state index contributed by atoms with van der Waals surface area (Å²) in [5.74, 6) is -1.03. The summed E-state index contributed by atoms with van der Waals surface area (Å²) < 4.78 is 59.1. The van der Waals surface area contributed by atoms with Crippen LogP contribution in [0.2, 0.25) is 0 Å². The molecule has 5 rings (SSSR count). The highest BCUT2D eigenvalue weighted by molar-refractivity contribution is 4.98. The third-order valence-corrected chi connectivity index (χ3v) is 11.0. The summed E-state index contributed by atoms with van der Waals surface area (Å²) in [6.07, 6.45) is -36.6. The minimum Gasteiger partial charge on any atom is -0.394 e. The maximum absolute atomic E-state index is 11.5. The molecule has 10 unspecified atom stereocenters. The van der Waals surface area contributed by atoms with Gasteiger partial charge < -0.3 is 109 Å². The molecule has 0 aromatic carbocycles. The average molecular weight is 821 g/mol. The van der Waals surface area contributed by atoms with Crippen molar-refractivity contribution in [1.82, 2.24) is 0 Å². The number of hydrogen-bond acceptors (Lipinski definition) is 22. The van der Waals surface area contributed by atoms with Crippen molar-refractivity contribution < 1.29 is 109 Å². The van der Waals surface area contributed by atoms with Crippen LogP contribution in [0.5, 0.6) is 0 Å². The lowest BCUT2D eigenvalue weighted by molar-refractivity contribution is -0.410. The first-order chi connectivity index (χ1) is 26.4. The summed E-state index contributed by atoms with van der Waals surface area (Å²) in [6, 6.07) is 0. The van der Waals surface area contributed by atoms with Crippen LogP contribution >= 0.6 is 0 Å². The van der Waals surface area contributed by atoms with E-state index in [0.717, 1.165) is 0 Å². The van der Waals surface area contributed by atoms with Crippen molar-refractivity contribution in [3.05, 3.63) is 0 Å². The van der Waals surface area contributed by atoms with Gasteiger partial charge in [-0.2, -0.15) is 0 Å². The smallest absolute Gasteiger partial charge is 0.187 e. The van der Waals surface area contributed by atoms with Crippen molar-refractivity contribution >= 4 is 0 Å².